The molecule has 208 valence electrons. The van der Waals surface area contributed by atoms with Crippen molar-refractivity contribution in [2.45, 2.75) is 26.0 Å². The van der Waals surface area contributed by atoms with Gasteiger partial charge in [-0.05, 0) is 49.7 Å². The van der Waals surface area contributed by atoms with E-state index in [0.717, 1.165) is 28.3 Å². The van der Waals surface area contributed by atoms with Crippen LogP contribution in [-0.4, -0.2) is 67.8 Å². The van der Waals surface area contributed by atoms with Crippen molar-refractivity contribution in [3.8, 4) is 28.7 Å². The first-order valence-corrected chi connectivity index (χ1v) is 14.8. The van der Waals surface area contributed by atoms with E-state index in [1.807, 2.05) is 42.5 Å². The molecule has 1 N–H and O–H groups in total. The summed E-state index contributed by atoms with van der Waals surface area (Å²) >= 11 is 0. The Morgan fingerprint density at radius 1 is 1.12 bits per heavy atom. The minimum Gasteiger partial charge on any atom is -0.497 e. The number of hydrogen-bond acceptors (Lipinski definition) is 9. The third-order valence-electron chi connectivity index (χ3n) is 6.68. The molecule has 40 heavy (non-hydrogen) atoms. The van der Waals surface area contributed by atoms with E-state index in [2.05, 4.69) is 20.4 Å². The Balaban J connectivity index is 1.32. The fourth-order valence-corrected chi connectivity index (χ4v) is 6.33. The van der Waals surface area contributed by atoms with Gasteiger partial charge in [-0.25, -0.2) is 18.1 Å². The molecule has 0 unspecified atom stereocenters. The minimum absolute atomic E-state index is 0.103. The summed E-state index contributed by atoms with van der Waals surface area (Å²) in [5.41, 5.74) is 2.65. The number of nitrogens with zero attached hydrogens (tertiary/aromatic N) is 6. The van der Waals surface area contributed by atoms with Gasteiger partial charge in [-0.3, -0.25) is 0 Å². The van der Waals surface area contributed by atoms with Crippen LogP contribution in [0.2, 0.25) is 0 Å². The fraction of sp³-hybridized carbons (Fsp3) is 0.345. The monoisotopic (exact) mass is 560 g/mol. The van der Waals surface area contributed by atoms with Crippen LogP contribution in [0.15, 0.2) is 65.4 Å². The first-order valence-electron chi connectivity index (χ1n) is 13.0. The molecule has 1 aliphatic heterocycles. The minimum atomic E-state index is -2.29. The third kappa shape index (κ3) is 6.19. The Hall–Kier alpha value is -4.14. The molecule has 1 fully saturated rings. The highest BCUT2D eigenvalue weighted by atomic mass is 32.2. The lowest BCUT2D eigenvalue weighted by molar-refractivity contribution is 0.0283. The topological polar surface area (TPSA) is 125 Å². The molecule has 4 heterocycles. The maximum Gasteiger partial charge on any atom is 0.138 e. The van der Waals surface area contributed by atoms with Gasteiger partial charge in [0.05, 0.1) is 52.5 Å². The molecule has 5 rings (SSSR count). The lowest BCUT2D eigenvalue weighted by Gasteiger charge is -2.29. The second-order valence-corrected chi connectivity index (χ2v) is 13.0. The molecule has 0 saturated carbocycles. The van der Waals surface area contributed by atoms with Gasteiger partial charge in [-0.2, -0.15) is 10.4 Å². The van der Waals surface area contributed by atoms with Crippen LogP contribution in [0.3, 0.4) is 0 Å². The van der Waals surface area contributed by atoms with Gasteiger partial charge in [0, 0.05) is 41.9 Å². The maximum atomic E-state index is 13.3. The summed E-state index contributed by atoms with van der Waals surface area (Å²) in [5.74, 6) is 3.06. The van der Waals surface area contributed by atoms with Crippen molar-refractivity contribution in [2.24, 2.45) is 4.36 Å². The molecule has 1 aliphatic rings. The summed E-state index contributed by atoms with van der Waals surface area (Å²) < 4.78 is 30.5. The molecule has 0 aliphatic carbocycles. The number of rotatable bonds is 8. The fourth-order valence-electron chi connectivity index (χ4n) is 4.47. The number of anilines is 1. The van der Waals surface area contributed by atoms with E-state index in [1.54, 1.807) is 37.9 Å². The summed E-state index contributed by atoms with van der Waals surface area (Å²) in [6.45, 7) is 5.07. The quantitative estimate of drug-likeness (QED) is 0.344. The van der Waals surface area contributed by atoms with Crippen molar-refractivity contribution >= 4 is 21.1 Å². The summed E-state index contributed by atoms with van der Waals surface area (Å²) in [5, 5.41) is 24.0. The average Bonchev–Trinajstić information content (AvgIpc) is 3.38. The van der Waals surface area contributed by atoms with Crippen molar-refractivity contribution in [3.05, 3.63) is 72.2 Å². The highest BCUT2D eigenvalue weighted by molar-refractivity contribution is 7.93. The molecule has 10 nitrogen and oxygen atoms in total. The number of fused-ring (bicyclic) bond motifs is 1. The highest BCUT2D eigenvalue weighted by Gasteiger charge is 2.22. The first kappa shape index (κ1) is 27.4. The number of hydrogen-bond donors (Lipinski definition) is 1. The Morgan fingerprint density at radius 3 is 2.50 bits per heavy atom. The van der Waals surface area contributed by atoms with Crippen molar-refractivity contribution in [1.82, 2.24) is 14.6 Å². The molecule has 1 saturated heterocycles. The van der Waals surface area contributed by atoms with Gasteiger partial charge in [0.1, 0.15) is 30.0 Å². The van der Waals surface area contributed by atoms with Crippen LogP contribution in [0.4, 0.5) is 5.82 Å². The summed E-state index contributed by atoms with van der Waals surface area (Å²) in [4.78, 5) is 6.81. The second-order valence-electron chi connectivity index (χ2n) is 10.4. The van der Waals surface area contributed by atoms with Gasteiger partial charge in [-0.15, -0.1) is 0 Å². The van der Waals surface area contributed by atoms with Crippen LogP contribution in [-0.2, 0) is 16.3 Å². The van der Waals surface area contributed by atoms with Gasteiger partial charge in [-0.1, -0.05) is 12.1 Å². The number of benzene rings is 1. The average molecular weight is 561 g/mol. The van der Waals surface area contributed by atoms with Crippen molar-refractivity contribution in [3.63, 3.8) is 0 Å². The molecule has 4 aromatic rings. The predicted octanol–water partition coefficient (Wildman–Crippen LogP) is 3.91. The Labute approximate surface area is 234 Å². The largest absolute Gasteiger partial charge is 0.497 e. The molecule has 0 bridgehead atoms. The number of pyridine rings is 2. The van der Waals surface area contributed by atoms with Crippen LogP contribution in [0.25, 0.3) is 16.6 Å². The van der Waals surface area contributed by atoms with Crippen LogP contribution in [0, 0.1) is 11.3 Å². The van der Waals surface area contributed by atoms with Gasteiger partial charge in [0.2, 0.25) is 0 Å². The third-order valence-corrected chi connectivity index (χ3v) is 8.92. The molecule has 0 atom stereocenters. The molecule has 0 amide bonds. The zero-order valence-electron chi connectivity index (χ0n) is 22.8. The Bertz CT molecular complexity index is 1650. The van der Waals surface area contributed by atoms with Crippen LogP contribution < -0.4 is 14.4 Å². The van der Waals surface area contributed by atoms with E-state index in [9.17, 15) is 14.6 Å². The van der Waals surface area contributed by atoms with Crippen molar-refractivity contribution in [2.75, 3.05) is 43.2 Å². The highest BCUT2D eigenvalue weighted by Crippen LogP contribution is 2.32. The second kappa shape index (κ2) is 11.2. The van der Waals surface area contributed by atoms with Gasteiger partial charge in [0.15, 0.2) is 0 Å². The molecular weight excluding hydrogens is 528 g/mol. The maximum absolute atomic E-state index is 13.3. The van der Waals surface area contributed by atoms with E-state index in [0.29, 0.717) is 48.0 Å². The zero-order valence-corrected chi connectivity index (χ0v) is 23.6. The summed E-state index contributed by atoms with van der Waals surface area (Å²) in [6, 6.07) is 15.6. The van der Waals surface area contributed by atoms with Crippen LogP contribution >= 0.6 is 0 Å². The number of ether oxygens (including phenoxy) is 2. The Kier molecular flexibility index (Phi) is 7.65. The molecule has 0 radical (unpaired) electrons. The first-order chi connectivity index (χ1) is 19.2. The number of aromatic nitrogens is 3. The molecule has 0 spiro atoms. The number of aliphatic hydroxyl groups is 1. The predicted molar refractivity (Wildman–Crippen MR) is 154 cm³/mol. The van der Waals surface area contributed by atoms with E-state index < -0.39 is 15.3 Å². The molecule has 11 heteroatoms. The van der Waals surface area contributed by atoms with Crippen molar-refractivity contribution in [1.29, 1.82) is 5.26 Å². The molecular formula is C29H32N6O4S. The number of methoxy groups -OCH3 is 1. The summed E-state index contributed by atoms with van der Waals surface area (Å²) in [7, 11) is -0.662. The smallest absolute Gasteiger partial charge is 0.138 e. The van der Waals surface area contributed by atoms with Crippen LogP contribution in [0.1, 0.15) is 25.0 Å². The Morgan fingerprint density at radius 2 is 1.88 bits per heavy atom. The zero-order chi connectivity index (χ0) is 28.3. The molecule has 1 aromatic carbocycles. The SMILES string of the molecule is COc1ccc(CN=S2(=O)CCN(c3ccc(-c4cc(OCC(C)(C)O)cn5ncc(C#N)c45)cn3)CC2)cc1. The van der Waals surface area contributed by atoms with E-state index in [4.69, 9.17) is 14.5 Å². The van der Waals surface area contributed by atoms with E-state index in [-0.39, 0.29) is 6.61 Å². The van der Waals surface area contributed by atoms with Gasteiger partial charge in [0.25, 0.3) is 0 Å². The van der Waals surface area contributed by atoms with Crippen molar-refractivity contribution < 1.29 is 18.8 Å². The normalized spacial score (nSPS) is 15.0. The van der Waals surface area contributed by atoms with Crippen LogP contribution in [0.5, 0.6) is 11.5 Å². The van der Waals surface area contributed by atoms with E-state index >= 15 is 0 Å². The lowest BCUT2D eigenvalue weighted by atomic mass is 10.1. The standard InChI is InChI=1S/C29H32N6O4S/c1-29(2,36)20-39-25-14-26(28-23(15-30)18-32-35(28)19-25)22-6-9-27(31-17-22)34-10-12-40(37,13-11-34)33-16-21-4-7-24(38-3)8-5-21/h4-9,14,17-19,36H,10-13,16,20H2,1-3H3. The van der Waals surface area contributed by atoms with Gasteiger partial charge < -0.3 is 19.5 Å². The lowest BCUT2D eigenvalue weighted by Crippen LogP contribution is -2.40. The molecule has 3 aromatic heterocycles. The number of nitriles is 1. The van der Waals surface area contributed by atoms with Gasteiger partial charge >= 0.3 is 0 Å². The van der Waals surface area contributed by atoms with E-state index in [1.165, 1.54) is 6.20 Å². The summed E-state index contributed by atoms with van der Waals surface area (Å²) in [6.07, 6.45) is 4.97.